The van der Waals surface area contributed by atoms with Crippen LogP contribution in [0.3, 0.4) is 0 Å². The van der Waals surface area contributed by atoms with E-state index in [2.05, 4.69) is 4.98 Å². The van der Waals surface area contributed by atoms with Crippen LogP contribution in [0.5, 0.6) is 0 Å². The van der Waals surface area contributed by atoms with Crippen molar-refractivity contribution in [1.29, 1.82) is 0 Å². The molecule has 1 unspecified atom stereocenters. The van der Waals surface area contributed by atoms with Crippen LogP contribution < -0.4 is 0 Å². The van der Waals surface area contributed by atoms with Gasteiger partial charge in [-0.3, -0.25) is 9.78 Å². The van der Waals surface area contributed by atoms with Gasteiger partial charge in [0.15, 0.2) is 11.6 Å². The molecule has 0 aliphatic heterocycles. The third kappa shape index (κ3) is 2.70. The summed E-state index contributed by atoms with van der Waals surface area (Å²) < 4.78 is 27.3. The van der Waals surface area contributed by atoms with E-state index in [0.29, 0.717) is 5.56 Å². The van der Waals surface area contributed by atoms with Crippen LogP contribution in [-0.4, -0.2) is 10.2 Å². The van der Waals surface area contributed by atoms with Crippen molar-refractivity contribution in [3.8, 4) is 0 Å². The maximum absolute atomic E-state index is 14.0. The molecule has 5 heteroatoms. The molecular formula is C15H12ClF2NO. The highest BCUT2D eigenvalue weighted by Crippen LogP contribution is 2.33. The van der Waals surface area contributed by atoms with Gasteiger partial charge in [0.1, 0.15) is 0 Å². The van der Waals surface area contributed by atoms with Crippen molar-refractivity contribution < 1.29 is 13.6 Å². The van der Waals surface area contributed by atoms with Crippen LogP contribution >= 0.6 is 11.6 Å². The van der Waals surface area contributed by atoms with Crippen LogP contribution in [0.15, 0.2) is 42.7 Å². The molecule has 2 rings (SSSR count). The van der Waals surface area contributed by atoms with Crippen LogP contribution in [0.4, 0.5) is 8.78 Å². The molecule has 1 aromatic heterocycles. The molecule has 0 fully saturated rings. The third-order valence-corrected chi connectivity index (χ3v) is 3.68. The second-order valence-electron chi connectivity index (χ2n) is 4.75. The summed E-state index contributed by atoms with van der Waals surface area (Å²) in [7, 11) is 0. The molecule has 0 aliphatic carbocycles. The van der Waals surface area contributed by atoms with Gasteiger partial charge in [-0.2, -0.15) is 0 Å². The first kappa shape index (κ1) is 14.6. The Morgan fingerprint density at radius 1 is 1.30 bits per heavy atom. The molecule has 20 heavy (non-hydrogen) atoms. The summed E-state index contributed by atoms with van der Waals surface area (Å²) in [6.07, 6.45) is 3.30. The monoisotopic (exact) mass is 295 g/mol. The zero-order chi connectivity index (χ0) is 14.8. The van der Waals surface area contributed by atoms with Crippen molar-refractivity contribution in [2.45, 2.75) is 18.8 Å². The molecule has 0 aliphatic rings. The number of aromatic nitrogens is 1. The maximum Gasteiger partial charge on any atom is 0.232 e. The summed E-state index contributed by atoms with van der Waals surface area (Å²) in [6, 6.07) is 7.19. The lowest BCUT2D eigenvalue weighted by Crippen LogP contribution is -2.33. The average Bonchev–Trinajstić information content (AvgIpc) is 2.42. The SMILES string of the molecule is CC(Cc1cccnc1)(C(=O)Cl)c1cccc(F)c1F. The van der Waals surface area contributed by atoms with Crippen LogP contribution in [0.2, 0.25) is 0 Å². The Balaban J connectivity index is 2.50. The van der Waals surface area contributed by atoms with Crippen molar-refractivity contribution in [2.75, 3.05) is 0 Å². The highest BCUT2D eigenvalue weighted by atomic mass is 35.5. The summed E-state index contributed by atoms with van der Waals surface area (Å²) in [5.74, 6) is -2.05. The summed E-state index contributed by atoms with van der Waals surface area (Å²) >= 11 is 5.65. The fourth-order valence-corrected chi connectivity index (χ4v) is 2.28. The predicted octanol–water partition coefficient (Wildman–Crippen LogP) is 3.63. The number of benzene rings is 1. The summed E-state index contributed by atoms with van der Waals surface area (Å²) in [5, 5.41) is -0.745. The lowest BCUT2D eigenvalue weighted by atomic mass is 9.78. The molecule has 0 saturated carbocycles. The van der Waals surface area contributed by atoms with Gasteiger partial charge in [0, 0.05) is 18.0 Å². The van der Waals surface area contributed by atoms with Gasteiger partial charge in [-0.15, -0.1) is 0 Å². The van der Waals surface area contributed by atoms with Gasteiger partial charge in [-0.05, 0) is 42.6 Å². The lowest BCUT2D eigenvalue weighted by molar-refractivity contribution is -0.116. The van der Waals surface area contributed by atoms with E-state index in [-0.39, 0.29) is 12.0 Å². The predicted molar refractivity (Wildman–Crippen MR) is 72.5 cm³/mol. The van der Waals surface area contributed by atoms with Crippen LogP contribution in [0, 0.1) is 11.6 Å². The summed E-state index contributed by atoms with van der Waals surface area (Å²) in [6.45, 7) is 1.49. The minimum Gasteiger partial charge on any atom is -0.280 e. The van der Waals surface area contributed by atoms with E-state index in [1.165, 1.54) is 19.1 Å². The number of carbonyl (C=O) groups excluding carboxylic acids is 1. The van der Waals surface area contributed by atoms with Crippen LogP contribution in [-0.2, 0) is 16.6 Å². The second kappa shape index (κ2) is 5.67. The van der Waals surface area contributed by atoms with E-state index < -0.39 is 22.3 Å². The molecule has 2 aromatic rings. The molecule has 0 N–H and O–H groups in total. The third-order valence-electron chi connectivity index (χ3n) is 3.26. The number of hydrogen-bond donors (Lipinski definition) is 0. The molecule has 2 nitrogen and oxygen atoms in total. The molecular weight excluding hydrogens is 284 g/mol. The zero-order valence-electron chi connectivity index (χ0n) is 10.7. The molecule has 1 aromatic carbocycles. The van der Waals surface area contributed by atoms with E-state index in [4.69, 9.17) is 11.6 Å². The molecule has 0 bridgehead atoms. The Morgan fingerprint density at radius 2 is 2.05 bits per heavy atom. The van der Waals surface area contributed by atoms with Gasteiger partial charge in [0.05, 0.1) is 5.41 Å². The quantitative estimate of drug-likeness (QED) is 0.806. The minimum absolute atomic E-state index is 0.0543. The smallest absolute Gasteiger partial charge is 0.232 e. The molecule has 104 valence electrons. The van der Waals surface area contributed by atoms with E-state index in [9.17, 15) is 13.6 Å². The van der Waals surface area contributed by atoms with Crippen molar-refractivity contribution in [2.24, 2.45) is 0 Å². The molecule has 1 heterocycles. The normalized spacial score (nSPS) is 13.8. The van der Waals surface area contributed by atoms with Crippen molar-refractivity contribution >= 4 is 16.8 Å². The molecule has 0 amide bonds. The van der Waals surface area contributed by atoms with Gasteiger partial charge in [0.2, 0.25) is 5.24 Å². The number of carbonyl (C=O) groups is 1. The topological polar surface area (TPSA) is 30.0 Å². The Morgan fingerprint density at radius 3 is 2.65 bits per heavy atom. The van der Waals surface area contributed by atoms with Gasteiger partial charge >= 0.3 is 0 Å². The van der Waals surface area contributed by atoms with Crippen LogP contribution in [0.25, 0.3) is 0 Å². The van der Waals surface area contributed by atoms with Crippen molar-refractivity contribution in [3.63, 3.8) is 0 Å². The fourth-order valence-electron chi connectivity index (χ4n) is 2.11. The van der Waals surface area contributed by atoms with E-state index >= 15 is 0 Å². The average molecular weight is 296 g/mol. The number of pyridine rings is 1. The fraction of sp³-hybridized carbons (Fsp3) is 0.200. The largest absolute Gasteiger partial charge is 0.280 e. The maximum atomic E-state index is 14.0. The Labute approximate surface area is 120 Å². The summed E-state index contributed by atoms with van der Waals surface area (Å²) in [4.78, 5) is 15.7. The number of halogens is 3. The van der Waals surface area contributed by atoms with Crippen molar-refractivity contribution in [1.82, 2.24) is 4.98 Å². The summed E-state index contributed by atoms with van der Waals surface area (Å²) in [5.41, 5.74) is -0.689. The Hall–Kier alpha value is -1.81. The first-order valence-electron chi connectivity index (χ1n) is 5.98. The van der Waals surface area contributed by atoms with E-state index in [1.54, 1.807) is 24.5 Å². The Kier molecular flexibility index (Phi) is 4.14. The second-order valence-corrected chi connectivity index (χ2v) is 5.09. The highest BCUT2D eigenvalue weighted by molar-refractivity contribution is 6.65. The van der Waals surface area contributed by atoms with Gasteiger partial charge < -0.3 is 0 Å². The first-order valence-corrected chi connectivity index (χ1v) is 6.36. The van der Waals surface area contributed by atoms with Crippen LogP contribution in [0.1, 0.15) is 18.1 Å². The van der Waals surface area contributed by atoms with E-state index in [1.807, 2.05) is 0 Å². The highest BCUT2D eigenvalue weighted by Gasteiger charge is 2.37. The number of rotatable bonds is 4. The Bertz CT molecular complexity index is 633. The minimum atomic E-state index is -1.35. The van der Waals surface area contributed by atoms with E-state index in [0.717, 1.165) is 6.07 Å². The first-order chi connectivity index (χ1) is 9.45. The molecule has 0 spiro atoms. The standard InChI is InChI=1S/C15H12ClF2NO/c1-15(14(16)20,8-10-4-3-7-19-9-10)11-5-2-6-12(17)13(11)18/h2-7,9H,8H2,1H3. The molecule has 1 atom stereocenters. The number of hydrogen-bond acceptors (Lipinski definition) is 2. The molecule has 0 saturated heterocycles. The lowest BCUT2D eigenvalue weighted by Gasteiger charge is -2.26. The van der Waals surface area contributed by atoms with Gasteiger partial charge in [-0.1, -0.05) is 18.2 Å². The zero-order valence-corrected chi connectivity index (χ0v) is 11.5. The number of nitrogens with zero attached hydrogens (tertiary/aromatic N) is 1. The molecule has 0 radical (unpaired) electrons. The van der Waals surface area contributed by atoms with Gasteiger partial charge in [-0.25, -0.2) is 8.78 Å². The van der Waals surface area contributed by atoms with Gasteiger partial charge in [0.25, 0.3) is 0 Å². The van der Waals surface area contributed by atoms with Crippen molar-refractivity contribution in [3.05, 3.63) is 65.5 Å².